The van der Waals surface area contributed by atoms with Crippen molar-refractivity contribution >= 4 is 16.6 Å². The third kappa shape index (κ3) is 4.39. The van der Waals surface area contributed by atoms with E-state index in [0.717, 1.165) is 22.9 Å². The van der Waals surface area contributed by atoms with Crippen molar-refractivity contribution in [3.05, 3.63) is 83.4 Å². The second-order valence-electron chi connectivity index (χ2n) is 8.10. The Bertz CT molecular complexity index is 903. The van der Waals surface area contributed by atoms with Gasteiger partial charge >= 0.3 is 0 Å². The van der Waals surface area contributed by atoms with Crippen LogP contribution >= 0.6 is 0 Å². The molecule has 0 amide bonds. The van der Waals surface area contributed by atoms with Gasteiger partial charge in [-0.05, 0) is 40.4 Å². The van der Waals surface area contributed by atoms with Gasteiger partial charge in [0, 0.05) is 12.1 Å². The Morgan fingerprint density at radius 3 is 2.19 bits per heavy atom. The van der Waals surface area contributed by atoms with Gasteiger partial charge in [-0.15, -0.1) is 0 Å². The fourth-order valence-corrected chi connectivity index (χ4v) is 3.18. The van der Waals surface area contributed by atoms with E-state index in [1.165, 1.54) is 11.1 Å². The molecule has 0 aliphatic carbocycles. The number of hydrogen-bond acceptors (Lipinski definition) is 2. The number of carbonyl (C=O) groups is 1. The Morgan fingerprint density at radius 1 is 0.885 bits per heavy atom. The number of hydrogen-bond donors (Lipinski definition) is 0. The number of benzene rings is 3. The van der Waals surface area contributed by atoms with E-state index in [-0.39, 0.29) is 11.2 Å². The molecule has 2 heteroatoms. The Labute approximate surface area is 156 Å². The van der Waals surface area contributed by atoms with E-state index in [1.807, 2.05) is 43.4 Å². The topological polar surface area (TPSA) is 20.3 Å². The summed E-state index contributed by atoms with van der Waals surface area (Å²) in [6.07, 6.45) is 0. The Hall–Kier alpha value is -2.45. The predicted molar refractivity (Wildman–Crippen MR) is 110 cm³/mol. The zero-order valence-electron chi connectivity index (χ0n) is 16.1. The number of ketones is 1. The fourth-order valence-electron chi connectivity index (χ4n) is 3.18. The highest BCUT2D eigenvalue weighted by atomic mass is 16.1. The van der Waals surface area contributed by atoms with Gasteiger partial charge < -0.3 is 0 Å². The summed E-state index contributed by atoms with van der Waals surface area (Å²) in [5.41, 5.74) is 3.50. The van der Waals surface area contributed by atoms with Crippen LogP contribution in [0.3, 0.4) is 0 Å². The molecular weight excluding hydrogens is 318 g/mol. The number of nitrogens with zero attached hydrogens (tertiary/aromatic N) is 1. The molecule has 3 rings (SSSR count). The van der Waals surface area contributed by atoms with E-state index in [2.05, 4.69) is 56.0 Å². The quantitative estimate of drug-likeness (QED) is 0.573. The molecule has 0 aliphatic heterocycles. The van der Waals surface area contributed by atoms with Gasteiger partial charge in [-0.1, -0.05) is 81.4 Å². The average molecular weight is 345 g/mol. The third-order valence-corrected chi connectivity index (χ3v) is 4.76. The van der Waals surface area contributed by atoms with Crippen LogP contribution in [-0.4, -0.2) is 24.3 Å². The summed E-state index contributed by atoms with van der Waals surface area (Å²) in [6.45, 7) is 7.84. The van der Waals surface area contributed by atoms with Gasteiger partial charge in [0.2, 0.25) is 0 Å². The fraction of sp³-hybridized carbons (Fsp3) is 0.292. The second kappa shape index (κ2) is 7.43. The molecule has 0 radical (unpaired) electrons. The van der Waals surface area contributed by atoms with Crippen molar-refractivity contribution in [2.24, 2.45) is 0 Å². The van der Waals surface area contributed by atoms with Crippen molar-refractivity contribution in [2.75, 3.05) is 13.6 Å². The highest BCUT2D eigenvalue weighted by Crippen LogP contribution is 2.22. The maximum absolute atomic E-state index is 12.6. The highest BCUT2D eigenvalue weighted by molar-refractivity contribution is 6.01. The number of carbonyl (C=O) groups excluding carboxylic acids is 1. The van der Waals surface area contributed by atoms with E-state index < -0.39 is 0 Å². The molecule has 3 aromatic rings. The maximum Gasteiger partial charge on any atom is 0.176 e. The number of Topliss-reactive ketones (excluding diaryl/α,β-unsaturated/α-hetero) is 1. The summed E-state index contributed by atoms with van der Waals surface area (Å²) in [5, 5.41) is 2.27. The lowest BCUT2D eigenvalue weighted by Gasteiger charge is -2.20. The molecular formula is C24H27NO. The lowest BCUT2D eigenvalue weighted by molar-refractivity contribution is 0.0943. The van der Waals surface area contributed by atoms with E-state index in [1.54, 1.807) is 0 Å². The minimum absolute atomic E-state index is 0.157. The van der Waals surface area contributed by atoms with Gasteiger partial charge in [0.1, 0.15) is 0 Å². The molecule has 0 spiro atoms. The van der Waals surface area contributed by atoms with Crippen molar-refractivity contribution in [1.82, 2.24) is 4.90 Å². The monoisotopic (exact) mass is 345 g/mol. The van der Waals surface area contributed by atoms with Crippen molar-refractivity contribution in [2.45, 2.75) is 32.7 Å². The zero-order chi connectivity index (χ0) is 18.7. The lowest BCUT2D eigenvalue weighted by Crippen LogP contribution is -2.25. The molecule has 0 aromatic heterocycles. The SMILES string of the molecule is CN(CC(=O)c1ccc2ccccc2c1)Cc1ccc(C(C)(C)C)cc1. The molecule has 3 aromatic carbocycles. The van der Waals surface area contributed by atoms with E-state index >= 15 is 0 Å². The minimum Gasteiger partial charge on any atom is -0.295 e. The molecule has 2 nitrogen and oxygen atoms in total. The minimum atomic E-state index is 0.157. The Morgan fingerprint density at radius 2 is 1.54 bits per heavy atom. The first-order valence-electron chi connectivity index (χ1n) is 9.13. The molecule has 0 aliphatic rings. The number of rotatable bonds is 5. The van der Waals surface area contributed by atoms with Crippen LogP contribution in [-0.2, 0) is 12.0 Å². The molecule has 0 bridgehead atoms. The summed E-state index contributed by atoms with van der Waals surface area (Å²) in [5.74, 6) is 0.157. The highest BCUT2D eigenvalue weighted by Gasteiger charge is 2.14. The van der Waals surface area contributed by atoms with Gasteiger partial charge in [-0.3, -0.25) is 9.69 Å². The number of fused-ring (bicyclic) bond motifs is 1. The van der Waals surface area contributed by atoms with Gasteiger partial charge in [0.25, 0.3) is 0 Å². The van der Waals surface area contributed by atoms with Crippen molar-refractivity contribution in [3.8, 4) is 0 Å². The molecule has 0 unspecified atom stereocenters. The summed E-state index contributed by atoms with van der Waals surface area (Å²) >= 11 is 0. The lowest BCUT2D eigenvalue weighted by atomic mass is 9.87. The molecule has 0 saturated heterocycles. The van der Waals surface area contributed by atoms with Gasteiger partial charge in [0.15, 0.2) is 5.78 Å². The first-order chi connectivity index (χ1) is 12.3. The van der Waals surface area contributed by atoms with Crippen LogP contribution in [0.15, 0.2) is 66.7 Å². The van der Waals surface area contributed by atoms with Crippen LogP contribution in [0.5, 0.6) is 0 Å². The van der Waals surface area contributed by atoms with Crippen molar-refractivity contribution < 1.29 is 4.79 Å². The number of likely N-dealkylation sites (N-methyl/N-ethyl adjacent to an activating group) is 1. The van der Waals surface area contributed by atoms with E-state index in [0.29, 0.717) is 6.54 Å². The first-order valence-corrected chi connectivity index (χ1v) is 9.13. The van der Waals surface area contributed by atoms with Crippen LogP contribution < -0.4 is 0 Å². The molecule has 0 atom stereocenters. The standard InChI is InChI=1S/C24H27NO/c1-24(2,3)22-13-9-18(10-14-22)16-25(4)17-23(26)21-12-11-19-7-5-6-8-20(19)15-21/h5-15H,16-17H2,1-4H3. The molecule has 0 heterocycles. The van der Waals surface area contributed by atoms with Crippen molar-refractivity contribution in [1.29, 1.82) is 0 Å². The third-order valence-electron chi connectivity index (χ3n) is 4.76. The van der Waals surface area contributed by atoms with Crippen LogP contribution in [0.25, 0.3) is 10.8 Å². The second-order valence-corrected chi connectivity index (χ2v) is 8.10. The van der Waals surface area contributed by atoms with Gasteiger partial charge in [0.05, 0.1) is 6.54 Å². The van der Waals surface area contributed by atoms with Crippen LogP contribution in [0.1, 0.15) is 42.3 Å². The molecule has 0 saturated carbocycles. The van der Waals surface area contributed by atoms with E-state index in [9.17, 15) is 4.79 Å². The smallest absolute Gasteiger partial charge is 0.176 e. The molecule has 0 N–H and O–H groups in total. The Balaban J connectivity index is 1.65. The molecule has 134 valence electrons. The van der Waals surface area contributed by atoms with Gasteiger partial charge in [-0.2, -0.15) is 0 Å². The normalized spacial score (nSPS) is 11.9. The summed E-state index contributed by atoms with van der Waals surface area (Å²) < 4.78 is 0. The van der Waals surface area contributed by atoms with Gasteiger partial charge in [-0.25, -0.2) is 0 Å². The predicted octanol–water partition coefficient (Wildman–Crippen LogP) is 5.45. The molecule has 0 fully saturated rings. The van der Waals surface area contributed by atoms with Crippen LogP contribution in [0, 0.1) is 0 Å². The first kappa shape index (κ1) is 18.3. The van der Waals surface area contributed by atoms with Crippen LogP contribution in [0.2, 0.25) is 0 Å². The zero-order valence-corrected chi connectivity index (χ0v) is 16.1. The maximum atomic E-state index is 12.6. The largest absolute Gasteiger partial charge is 0.295 e. The summed E-state index contributed by atoms with van der Waals surface area (Å²) in [4.78, 5) is 14.7. The Kier molecular flexibility index (Phi) is 5.24. The van der Waals surface area contributed by atoms with E-state index in [4.69, 9.17) is 0 Å². The summed E-state index contributed by atoms with van der Waals surface area (Å²) in [6, 6.07) is 22.8. The van der Waals surface area contributed by atoms with Crippen LogP contribution in [0.4, 0.5) is 0 Å². The molecule has 26 heavy (non-hydrogen) atoms. The average Bonchev–Trinajstić information content (AvgIpc) is 2.61. The summed E-state index contributed by atoms with van der Waals surface area (Å²) in [7, 11) is 2.00. The van der Waals surface area contributed by atoms with Crippen molar-refractivity contribution in [3.63, 3.8) is 0 Å².